The molecule has 0 saturated heterocycles. The summed E-state index contributed by atoms with van der Waals surface area (Å²) >= 11 is 6.01. The molecule has 2 fully saturated rings. The molecule has 2 bridgehead atoms. The van der Waals surface area contributed by atoms with Crippen LogP contribution >= 0.6 is 11.6 Å². The zero-order valence-corrected chi connectivity index (χ0v) is 16.7. The first-order valence-electron chi connectivity index (χ1n) is 9.73. The molecular formula is C21H23ClN4O3. The average molecular weight is 415 g/mol. The SMILES string of the molecule is O=C(NC12CCC(C(=O)NCc3nccnc3Cl)(CC1)C2)OCc1ccccc1. The van der Waals surface area contributed by atoms with E-state index in [9.17, 15) is 9.59 Å². The van der Waals surface area contributed by atoms with Crippen molar-refractivity contribution in [1.82, 2.24) is 20.6 Å². The molecule has 2 N–H and O–H groups in total. The van der Waals surface area contributed by atoms with E-state index in [2.05, 4.69) is 20.6 Å². The Bertz CT molecular complexity index is 898. The summed E-state index contributed by atoms with van der Waals surface area (Å²) in [4.78, 5) is 33.3. The van der Waals surface area contributed by atoms with Crippen LogP contribution in [0.4, 0.5) is 4.79 Å². The number of nitrogens with one attached hydrogen (secondary N) is 2. The van der Waals surface area contributed by atoms with E-state index in [0.717, 1.165) is 31.2 Å². The zero-order valence-electron chi connectivity index (χ0n) is 16.0. The quantitative estimate of drug-likeness (QED) is 0.755. The number of rotatable bonds is 6. The Morgan fingerprint density at radius 1 is 1.07 bits per heavy atom. The minimum atomic E-state index is -0.457. The van der Waals surface area contributed by atoms with Gasteiger partial charge in [-0.1, -0.05) is 41.9 Å². The summed E-state index contributed by atoms with van der Waals surface area (Å²) < 4.78 is 5.37. The fourth-order valence-corrected chi connectivity index (χ4v) is 4.65. The van der Waals surface area contributed by atoms with Crippen molar-refractivity contribution in [2.45, 2.75) is 50.8 Å². The summed E-state index contributed by atoms with van der Waals surface area (Å²) in [6.45, 7) is 0.472. The Morgan fingerprint density at radius 2 is 1.79 bits per heavy atom. The summed E-state index contributed by atoms with van der Waals surface area (Å²) in [6.07, 6.45) is 6.28. The van der Waals surface area contributed by atoms with Gasteiger partial charge in [-0.05, 0) is 37.7 Å². The smallest absolute Gasteiger partial charge is 0.407 e. The van der Waals surface area contributed by atoms with Crippen molar-refractivity contribution >= 4 is 23.6 Å². The second-order valence-electron chi connectivity index (χ2n) is 7.90. The first kappa shape index (κ1) is 19.6. The van der Waals surface area contributed by atoms with Gasteiger partial charge in [-0.15, -0.1) is 0 Å². The van der Waals surface area contributed by atoms with E-state index in [0.29, 0.717) is 17.3 Å². The monoisotopic (exact) mass is 414 g/mol. The van der Waals surface area contributed by atoms with Crippen LogP contribution in [0.1, 0.15) is 43.4 Å². The summed E-state index contributed by atoms with van der Waals surface area (Å²) in [7, 11) is 0. The first-order valence-corrected chi connectivity index (χ1v) is 10.1. The van der Waals surface area contributed by atoms with Gasteiger partial charge in [-0.25, -0.2) is 9.78 Å². The van der Waals surface area contributed by atoms with Gasteiger partial charge in [0.1, 0.15) is 6.61 Å². The Balaban J connectivity index is 1.31. The summed E-state index contributed by atoms with van der Waals surface area (Å²) in [5.74, 6) is -0.0157. The standard InChI is InChI=1S/C21H23ClN4O3/c22-17-16(23-10-11-24-17)12-25-18(27)20-6-8-21(14-20,9-7-20)26-19(28)29-13-15-4-2-1-3-5-15/h1-5,10-11H,6-9,12-14H2,(H,25,27)(H,26,28). The lowest BCUT2D eigenvalue weighted by Crippen LogP contribution is -2.45. The molecule has 0 unspecified atom stereocenters. The number of aromatic nitrogens is 2. The minimum Gasteiger partial charge on any atom is -0.445 e. The Kier molecular flexibility index (Phi) is 5.41. The maximum atomic E-state index is 12.9. The summed E-state index contributed by atoms with van der Waals surface area (Å²) in [5, 5.41) is 6.27. The number of nitrogens with zero attached hydrogens (tertiary/aromatic N) is 2. The molecular weight excluding hydrogens is 392 g/mol. The Labute approximate surface area is 174 Å². The van der Waals surface area contributed by atoms with E-state index >= 15 is 0 Å². The molecule has 2 aromatic rings. The molecule has 29 heavy (non-hydrogen) atoms. The number of alkyl carbamates (subject to hydrolysis) is 1. The fourth-order valence-electron chi connectivity index (χ4n) is 4.48. The van der Waals surface area contributed by atoms with E-state index in [-0.39, 0.29) is 24.6 Å². The highest BCUT2D eigenvalue weighted by Crippen LogP contribution is 2.56. The average Bonchev–Trinajstić information content (AvgIpc) is 3.29. The number of fused-ring (bicyclic) bond motifs is 2. The third-order valence-corrected chi connectivity index (χ3v) is 6.36. The van der Waals surface area contributed by atoms with Gasteiger partial charge in [0.25, 0.3) is 0 Å². The van der Waals surface area contributed by atoms with E-state index < -0.39 is 11.5 Å². The molecule has 4 rings (SSSR count). The van der Waals surface area contributed by atoms with Crippen LogP contribution in [0.15, 0.2) is 42.7 Å². The van der Waals surface area contributed by atoms with Crippen molar-refractivity contribution < 1.29 is 14.3 Å². The van der Waals surface area contributed by atoms with E-state index in [4.69, 9.17) is 16.3 Å². The van der Waals surface area contributed by atoms with E-state index in [1.165, 1.54) is 6.20 Å². The number of halogens is 1. The van der Waals surface area contributed by atoms with Crippen LogP contribution in [0.2, 0.25) is 5.15 Å². The lowest BCUT2D eigenvalue weighted by molar-refractivity contribution is -0.130. The third kappa shape index (κ3) is 4.19. The molecule has 0 atom stereocenters. The molecule has 2 aliphatic rings. The van der Waals surface area contributed by atoms with Crippen LogP contribution in [0.3, 0.4) is 0 Å². The normalized spacial score (nSPS) is 24.9. The highest BCUT2D eigenvalue weighted by Gasteiger charge is 2.58. The van der Waals surface area contributed by atoms with Crippen molar-refractivity contribution in [3.63, 3.8) is 0 Å². The molecule has 1 heterocycles. The molecule has 8 heteroatoms. The van der Waals surface area contributed by atoms with Gasteiger partial charge in [-0.2, -0.15) is 0 Å². The molecule has 7 nitrogen and oxygen atoms in total. The summed E-state index contributed by atoms with van der Waals surface area (Å²) in [5.41, 5.74) is 0.662. The lowest BCUT2D eigenvalue weighted by atomic mass is 9.83. The predicted molar refractivity (Wildman–Crippen MR) is 107 cm³/mol. The Hall–Kier alpha value is -2.67. The molecule has 152 valence electrons. The Morgan fingerprint density at radius 3 is 2.52 bits per heavy atom. The van der Waals surface area contributed by atoms with E-state index in [1.807, 2.05) is 30.3 Å². The van der Waals surface area contributed by atoms with Crippen LogP contribution in [0, 0.1) is 5.41 Å². The van der Waals surface area contributed by atoms with Crippen LogP contribution < -0.4 is 10.6 Å². The highest BCUT2D eigenvalue weighted by atomic mass is 35.5. The van der Waals surface area contributed by atoms with Gasteiger partial charge in [0.15, 0.2) is 5.15 Å². The van der Waals surface area contributed by atoms with Crippen LogP contribution in [0.25, 0.3) is 0 Å². The second kappa shape index (κ2) is 7.99. The van der Waals surface area contributed by atoms with Crippen molar-refractivity contribution in [2.24, 2.45) is 5.41 Å². The molecule has 1 aromatic heterocycles. The molecule has 0 aliphatic heterocycles. The van der Waals surface area contributed by atoms with Gasteiger partial charge < -0.3 is 15.4 Å². The zero-order chi connectivity index (χ0) is 20.3. The largest absolute Gasteiger partial charge is 0.445 e. The number of ether oxygens (including phenoxy) is 1. The second-order valence-corrected chi connectivity index (χ2v) is 8.26. The van der Waals surface area contributed by atoms with Gasteiger partial charge in [0, 0.05) is 17.9 Å². The maximum Gasteiger partial charge on any atom is 0.407 e. The van der Waals surface area contributed by atoms with E-state index in [1.54, 1.807) is 6.20 Å². The topological polar surface area (TPSA) is 93.2 Å². The predicted octanol–water partition coefficient (Wildman–Crippen LogP) is 3.38. The maximum absolute atomic E-state index is 12.9. The first-order chi connectivity index (χ1) is 14.0. The number of amides is 2. The van der Waals surface area contributed by atoms with Gasteiger partial charge >= 0.3 is 6.09 Å². The molecule has 2 aliphatic carbocycles. The van der Waals surface area contributed by atoms with Crippen molar-refractivity contribution in [1.29, 1.82) is 0 Å². The number of hydrogen-bond donors (Lipinski definition) is 2. The number of carbonyl (C=O) groups is 2. The van der Waals surface area contributed by atoms with Crippen LogP contribution in [-0.4, -0.2) is 27.5 Å². The number of hydrogen-bond acceptors (Lipinski definition) is 5. The van der Waals surface area contributed by atoms with Crippen LogP contribution in [-0.2, 0) is 22.7 Å². The van der Waals surface area contributed by atoms with Gasteiger partial charge in [0.2, 0.25) is 5.91 Å². The lowest BCUT2D eigenvalue weighted by Gasteiger charge is -2.27. The van der Waals surface area contributed by atoms with Crippen molar-refractivity contribution in [3.05, 3.63) is 59.1 Å². The molecule has 0 spiro atoms. The van der Waals surface area contributed by atoms with Crippen molar-refractivity contribution in [2.75, 3.05) is 0 Å². The molecule has 2 saturated carbocycles. The van der Waals surface area contributed by atoms with Crippen molar-refractivity contribution in [3.8, 4) is 0 Å². The molecule has 0 radical (unpaired) electrons. The third-order valence-electron chi connectivity index (χ3n) is 6.04. The molecule has 2 amide bonds. The fraction of sp³-hybridized carbons (Fsp3) is 0.429. The number of benzene rings is 1. The minimum absolute atomic E-state index is 0.0157. The van der Waals surface area contributed by atoms with Crippen LogP contribution in [0.5, 0.6) is 0 Å². The van der Waals surface area contributed by atoms with Gasteiger partial charge in [-0.3, -0.25) is 9.78 Å². The number of carbonyl (C=O) groups excluding carboxylic acids is 2. The summed E-state index contributed by atoms with van der Waals surface area (Å²) in [6, 6.07) is 9.56. The van der Waals surface area contributed by atoms with Gasteiger partial charge in [0.05, 0.1) is 17.7 Å². The molecule has 1 aromatic carbocycles. The highest BCUT2D eigenvalue weighted by molar-refractivity contribution is 6.29.